The molecule has 0 saturated carbocycles. The van der Waals surface area contributed by atoms with Crippen LogP contribution >= 0.6 is 11.6 Å². The number of carbonyl (C=O) groups excluding carboxylic acids is 3. The van der Waals surface area contributed by atoms with E-state index >= 15 is 0 Å². The van der Waals surface area contributed by atoms with Crippen molar-refractivity contribution in [2.45, 2.75) is 12.8 Å². The van der Waals surface area contributed by atoms with Gasteiger partial charge in [-0.1, -0.05) is 35.9 Å². The number of benzene rings is 2. The van der Waals surface area contributed by atoms with Gasteiger partial charge in [-0.25, -0.2) is 4.79 Å². The van der Waals surface area contributed by atoms with E-state index in [1.165, 1.54) is 4.90 Å². The molecule has 1 aliphatic rings. The van der Waals surface area contributed by atoms with E-state index in [1.54, 1.807) is 24.3 Å². The van der Waals surface area contributed by atoms with Gasteiger partial charge in [-0.2, -0.15) is 0 Å². The van der Waals surface area contributed by atoms with Crippen LogP contribution in [0.1, 0.15) is 12.0 Å². The molecule has 4 amide bonds. The van der Waals surface area contributed by atoms with Gasteiger partial charge in [-0.15, -0.1) is 0 Å². The van der Waals surface area contributed by atoms with Gasteiger partial charge in [-0.3, -0.25) is 14.5 Å². The number of nitrogens with one attached hydrogen (secondary N) is 3. The van der Waals surface area contributed by atoms with E-state index < -0.39 is 6.03 Å². The fourth-order valence-corrected chi connectivity index (χ4v) is 3.00. The van der Waals surface area contributed by atoms with Crippen molar-refractivity contribution in [2.24, 2.45) is 0 Å². The highest BCUT2D eigenvalue weighted by atomic mass is 35.5. The fraction of sp³-hybridized carbons (Fsp3) is 0.250. The molecule has 146 valence electrons. The lowest BCUT2D eigenvalue weighted by Gasteiger charge is -2.29. The average Bonchev–Trinajstić information content (AvgIpc) is 2.68. The number of hydrogen-bond acceptors (Lipinski definition) is 3. The van der Waals surface area contributed by atoms with Gasteiger partial charge in [0, 0.05) is 24.5 Å². The van der Waals surface area contributed by atoms with Crippen molar-refractivity contribution in [2.75, 3.05) is 29.9 Å². The Labute approximate surface area is 168 Å². The maximum atomic E-state index is 12.4. The van der Waals surface area contributed by atoms with Crippen LogP contribution in [0.2, 0.25) is 5.02 Å². The minimum atomic E-state index is -0.406. The molecule has 0 aromatic heterocycles. The molecule has 0 unspecified atom stereocenters. The summed E-state index contributed by atoms with van der Waals surface area (Å²) >= 11 is 5.84. The molecule has 3 rings (SSSR count). The summed E-state index contributed by atoms with van der Waals surface area (Å²) in [6, 6.07) is 14.1. The fourth-order valence-electron chi connectivity index (χ4n) is 2.88. The van der Waals surface area contributed by atoms with E-state index in [1.807, 2.05) is 24.3 Å². The highest BCUT2D eigenvalue weighted by Crippen LogP contribution is 2.28. The summed E-state index contributed by atoms with van der Waals surface area (Å²) in [6.45, 7) is 0.635. The molecule has 1 heterocycles. The van der Waals surface area contributed by atoms with Crippen molar-refractivity contribution in [3.05, 3.63) is 59.1 Å². The maximum Gasteiger partial charge on any atom is 0.322 e. The maximum absolute atomic E-state index is 12.4. The SMILES string of the molecule is O=C(CCNC(=O)N1CC(=O)Nc2ccccc21)NCCc1ccc(Cl)cc1. The monoisotopic (exact) mass is 400 g/mol. The van der Waals surface area contributed by atoms with Crippen molar-refractivity contribution in [3.63, 3.8) is 0 Å². The third-order valence-corrected chi connectivity index (χ3v) is 4.55. The normalized spacial score (nSPS) is 12.8. The Morgan fingerprint density at radius 3 is 2.57 bits per heavy atom. The average molecular weight is 401 g/mol. The van der Waals surface area contributed by atoms with Crippen LogP contribution in [-0.2, 0) is 16.0 Å². The number of urea groups is 1. The van der Waals surface area contributed by atoms with E-state index in [-0.39, 0.29) is 31.3 Å². The van der Waals surface area contributed by atoms with Gasteiger partial charge in [0.2, 0.25) is 11.8 Å². The zero-order valence-electron chi connectivity index (χ0n) is 15.2. The number of nitrogens with zero attached hydrogens (tertiary/aromatic N) is 1. The van der Waals surface area contributed by atoms with Crippen LogP contribution in [0.5, 0.6) is 0 Å². The number of carbonyl (C=O) groups is 3. The Hall–Kier alpha value is -3.06. The number of hydrogen-bond donors (Lipinski definition) is 3. The largest absolute Gasteiger partial charge is 0.356 e. The number of anilines is 2. The highest BCUT2D eigenvalue weighted by molar-refractivity contribution is 6.30. The Morgan fingerprint density at radius 2 is 1.79 bits per heavy atom. The predicted molar refractivity (Wildman–Crippen MR) is 109 cm³/mol. The van der Waals surface area contributed by atoms with Gasteiger partial charge in [0.15, 0.2) is 0 Å². The Kier molecular flexibility index (Phi) is 6.49. The molecule has 2 aromatic rings. The summed E-state index contributed by atoms with van der Waals surface area (Å²) in [4.78, 5) is 37.5. The molecular formula is C20H21ClN4O3. The first-order valence-electron chi connectivity index (χ1n) is 8.98. The van der Waals surface area contributed by atoms with Crippen molar-refractivity contribution < 1.29 is 14.4 Å². The van der Waals surface area contributed by atoms with Gasteiger partial charge < -0.3 is 16.0 Å². The minimum Gasteiger partial charge on any atom is -0.356 e. The molecule has 0 saturated heterocycles. The Morgan fingerprint density at radius 1 is 1.04 bits per heavy atom. The van der Waals surface area contributed by atoms with Gasteiger partial charge in [0.25, 0.3) is 0 Å². The molecule has 0 atom stereocenters. The van der Waals surface area contributed by atoms with E-state index in [0.717, 1.165) is 5.56 Å². The first kappa shape index (κ1) is 19.7. The van der Waals surface area contributed by atoms with E-state index in [4.69, 9.17) is 11.6 Å². The minimum absolute atomic E-state index is 0.0594. The summed E-state index contributed by atoms with van der Waals surface area (Å²) in [5.41, 5.74) is 2.31. The molecule has 8 heteroatoms. The summed E-state index contributed by atoms with van der Waals surface area (Å²) in [5.74, 6) is -0.403. The van der Waals surface area contributed by atoms with E-state index in [2.05, 4.69) is 16.0 Å². The molecule has 3 N–H and O–H groups in total. The van der Waals surface area contributed by atoms with Crippen LogP contribution in [0.4, 0.5) is 16.2 Å². The van der Waals surface area contributed by atoms with Crippen LogP contribution in [0.25, 0.3) is 0 Å². The van der Waals surface area contributed by atoms with Crippen LogP contribution in [0.15, 0.2) is 48.5 Å². The molecule has 7 nitrogen and oxygen atoms in total. The molecule has 2 aromatic carbocycles. The van der Waals surface area contributed by atoms with Crippen molar-refractivity contribution in [1.29, 1.82) is 0 Å². The second-order valence-electron chi connectivity index (χ2n) is 6.36. The highest BCUT2D eigenvalue weighted by Gasteiger charge is 2.26. The summed E-state index contributed by atoms with van der Waals surface area (Å²) in [5, 5.41) is 8.92. The smallest absolute Gasteiger partial charge is 0.322 e. The molecule has 0 aliphatic carbocycles. The Balaban J connectivity index is 1.41. The van der Waals surface area contributed by atoms with Crippen LogP contribution in [0.3, 0.4) is 0 Å². The topological polar surface area (TPSA) is 90.5 Å². The zero-order valence-corrected chi connectivity index (χ0v) is 16.0. The zero-order chi connectivity index (χ0) is 19.9. The number of halogens is 1. The van der Waals surface area contributed by atoms with Crippen LogP contribution < -0.4 is 20.9 Å². The quantitative estimate of drug-likeness (QED) is 0.696. The lowest BCUT2D eigenvalue weighted by atomic mass is 10.1. The molecule has 1 aliphatic heterocycles. The summed E-state index contributed by atoms with van der Waals surface area (Å²) < 4.78 is 0. The first-order valence-corrected chi connectivity index (χ1v) is 9.36. The van der Waals surface area contributed by atoms with Gasteiger partial charge in [-0.05, 0) is 36.2 Å². The molecule has 0 spiro atoms. The van der Waals surface area contributed by atoms with Gasteiger partial charge in [0.1, 0.15) is 6.54 Å². The molecule has 0 radical (unpaired) electrons. The Bertz CT molecular complexity index is 870. The van der Waals surface area contributed by atoms with E-state index in [0.29, 0.717) is 29.4 Å². The molecule has 28 heavy (non-hydrogen) atoms. The van der Waals surface area contributed by atoms with E-state index in [9.17, 15) is 14.4 Å². The molecule has 0 fully saturated rings. The lowest BCUT2D eigenvalue weighted by Crippen LogP contribution is -2.47. The van der Waals surface area contributed by atoms with Crippen molar-refractivity contribution >= 4 is 40.8 Å². The predicted octanol–water partition coefficient (Wildman–Crippen LogP) is 2.56. The third-order valence-electron chi connectivity index (χ3n) is 4.29. The standard InChI is InChI=1S/C20H21ClN4O3/c21-15-7-5-14(6-8-15)9-11-22-18(26)10-12-23-20(28)25-13-19(27)24-16-3-1-2-4-17(16)25/h1-8H,9-13H2,(H,22,26)(H,23,28)(H,24,27). The third kappa shape index (κ3) is 5.23. The van der Waals surface area contributed by atoms with Crippen molar-refractivity contribution in [1.82, 2.24) is 10.6 Å². The molecule has 0 bridgehead atoms. The van der Waals surface area contributed by atoms with Crippen LogP contribution in [0, 0.1) is 0 Å². The number of fused-ring (bicyclic) bond motifs is 1. The molecular weight excluding hydrogens is 380 g/mol. The number of amides is 4. The van der Waals surface area contributed by atoms with Crippen LogP contribution in [-0.4, -0.2) is 37.5 Å². The van der Waals surface area contributed by atoms with Gasteiger partial charge in [0.05, 0.1) is 11.4 Å². The number of rotatable bonds is 6. The van der Waals surface area contributed by atoms with Gasteiger partial charge >= 0.3 is 6.03 Å². The number of para-hydroxylation sites is 2. The summed E-state index contributed by atoms with van der Waals surface area (Å²) in [6.07, 6.45) is 0.864. The van der Waals surface area contributed by atoms with Crippen molar-refractivity contribution in [3.8, 4) is 0 Å². The first-order chi connectivity index (χ1) is 13.5. The second-order valence-corrected chi connectivity index (χ2v) is 6.80. The second kappa shape index (κ2) is 9.23. The lowest BCUT2D eigenvalue weighted by molar-refractivity contribution is -0.121. The summed E-state index contributed by atoms with van der Waals surface area (Å²) in [7, 11) is 0.